The zero-order valence-electron chi connectivity index (χ0n) is 16.1. The second-order valence-electron chi connectivity index (χ2n) is 8.31. The highest BCUT2D eigenvalue weighted by Crippen LogP contribution is 2.51. The molecule has 0 atom stereocenters. The van der Waals surface area contributed by atoms with E-state index in [4.69, 9.17) is 0 Å². The minimum Gasteiger partial charge on any atom is -0.317 e. The molecule has 0 bridgehead atoms. The van der Waals surface area contributed by atoms with E-state index < -0.39 is 0 Å². The molecule has 1 aliphatic carbocycles. The molecule has 6 rings (SSSR count). The Morgan fingerprint density at radius 3 is 2.36 bits per heavy atom. The molecule has 0 amide bonds. The van der Waals surface area contributed by atoms with Crippen LogP contribution in [0, 0.1) is 0 Å². The predicted octanol–water partition coefficient (Wildman–Crippen LogP) is 7.09. The molecule has 4 aromatic carbocycles. The van der Waals surface area contributed by atoms with Gasteiger partial charge in [0.2, 0.25) is 0 Å². The summed E-state index contributed by atoms with van der Waals surface area (Å²) in [6, 6.07) is 31.0. The van der Waals surface area contributed by atoms with E-state index >= 15 is 0 Å². The first-order valence-electron chi connectivity index (χ1n) is 9.88. The van der Waals surface area contributed by atoms with E-state index in [1.54, 1.807) is 0 Å². The summed E-state index contributed by atoms with van der Waals surface area (Å²) in [6.07, 6.45) is 2.21. The first-order valence-corrected chi connectivity index (χ1v) is 9.88. The summed E-state index contributed by atoms with van der Waals surface area (Å²) in [5.41, 5.74) is 8.15. The van der Waals surface area contributed by atoms with Gasteiger partial charge in [-0.15, -0.1) is 0 Å². The Morgan fingerprint density at radius 2 is 1.46 bits per heavy atom. The molecule has 0 saturated carbocycles. The van der Waals surface area contributed by atoms with Crippen LogP contribution in [0.3, 0.4) is 0 Å². The van der Waals surface area contributed by atoms with E-state index in [1.165, 1.54) is 49.6 Å². The van der Waals surface area contributed by atoms with Gasteiger partial charge in [0.15, 0.2) is 0 Å². The lowest BCUT2D eigenvalue weighted by atomic mass is 9.82. The van der Waals surface area contributed by atoms with E-state index in [1.807, 2.05) is 0 Å². The topological polar surface area (TPSA) is 4.93 Å². The lowest BCUT2D eigenvalue weighted by Gasteiger charge is -2.21. The van der Waals surface area contributed by atoms with Crippen LogP contribution in [0.15, 0.2) is 91.1 Å². The SMILES string of the molecule is CC1(C)c2ccccc2-c2c1ccc1c2ccn1-c1ccc2ccccc2c1. The van der Waals surface area contributed by atoms with Gasteiger partial charge in [0.25, 0.3) is 0 Å². The zero-order valence-corrected chi connectivity index (χ0v) is 16.1. The maximum absolute atomic E-state index is 2.34. The van der Waals surface area contributed by atoms with E-state index in [2.05, 4.69) is 110 Å². The van der Waals surface area contributed by atoms with Gasteiger partial charge in [-0.1, -0.05) is 74.5 Å². The number of aromatic nitrogens is 1. The monoisotopic (exact) mass is 359 g/mol. The molecule has 1 heterocycles. The van der Waals surface area contributed by atoms with Crippen LogP contribution in [0.1, 0.15) is 25.0 Å². The summed E-state index contributed by atoms with van der Waals surface area (Å²) in [5.74, 6) is 0. The van der Waals surface area contributed by atoms with Gasteiger partial charge >= 0.3 is 0 Å². The van der Waals surface area contributed by atoms with Crippen LogP contribution in [-0.4, -0.2) is 4.57 Å². The third-order valence-corrected chi connectivity index (χ3v) is 6.43. The van der Waals surface area contributed by atoms with Gasteiger partial charge in [0.1, 0.15) is 0 Å². The second kappa shape index (κ2) is 5.36. The van der Waals surface area contributed by atoms with Gasteiger partial charge in [-0.25, -0.2) is 0 Å². The van der Waals surface area contributed by atoms with Crippen molar-refractivity contribution in [2.45, 2.75) is 19.3 Å². The summed E-state index contributed by atoms with van der Waals surface area (Å²) < 4.78 is 2.32. The van der Waals surface area contributed by atoms with Crippen LogP contribution in [0.25, 0.3) is 38.5 Å². The van der Waals surface area contributed by atoms with Gasteiger partial charge in [0, 0.05) is 22.7 Å². The second-order valence-corrected chi connectivity index (χ2v) is 8.31. The molecule has 134 valence electrons. The fourth-order valence-electron chi connectivity index (χ4n) is 4.97. The highest BCUT2D eigenvalue weighted by molar-refractivity contribution is 6.02. The van der Waals surface area contributed by atoms with Gasteiger partial charge in [-0.05, 0) is 57.3 Å². The Kier molecular flexibility index (Phi) is 3.01. The molecule has 1 nitrogen and oxygen atoms in total. The minimum absolute atomic E-state index is 0.0468. The lowest BCUT2D eigenvalue weighted by molar-refractivity contribution is 0.661. The Bertz CT molecular complexity index is 1380. The zero-order chi connectivity index (χ0) is 18.9. The molecule has 0 aliphatic heterocycles. The maximum atomic E-state index is 2.34. The van der Waals surface area contributed by atoms with Crippen LogP contribution in [0.5, 0.6) is 0 Å². The average molecular weight is 359 g/mol. The average Bonchev–Trinajstić information content (AvgIpc) is 3.25. The van der Waals surface area contributed by atoms with Crippen LogP contribution in [0.4, 0.5) is 0 Å². The van der Waals surface area contributed by atoms with Crippen LogP contribution in [-0.2, 0) is 5.41 Å². The number of hydrogen-bond acceptors (Lipinski definition) is 0. The van der Waals surface area contributed by atoms with Crippen molar-refractivity contribution in [2.24, 2.45) is 0 Å². The van der Waals surface area contributed by atoms with Gasteiger partial charge in [-0.2, -0.15) is 0 Å². The van der Waals surface area contributed by atoms with Crippen molar-refractivity contribution in [2.75, 3.05) is 0 Å². The molecule has 0 fully saturated rings. The van der Waals surface area contributed by atoms with Crippen molar-refractivity contribution in [3.05, 3.63) is 102 Å². The highest BCUT2D eigenvalue weighted by atomic mass is 15.0. The summed E-state index contributed by atoms with van der Waals surface area (Å²) >= 11 is 0. The molecule has 0 radical (unpaired) electrons. The number of fused-ring (bicyclic) bond motifs is 6. The quantitative estimate of drug-likeness (QED) is 0.301. The third kappa shape index (κ3) is 1.96. The van der Waals surface area contributed by atoms with Crippen molar-refractivity contribution in [3.8, 4) is 16.8 Å². The molecule has 1 aromatic heterocycles. The molecule has 0 spiro atoms. The van der Waals surface area contributed by atoms with E-state index in [9.17, 15) is 0 Å². The third-order valence-electron chi connectivity index (χ3n) is 6.43. The molecular formula is C27H21N. The van der Waals surface area contributed by atoms with E-state index in [-0.39, 0.29) is 5.41 Å². The largest absolute Gasteiger partial charge is 0.317 e. The molecule has 0 unspecified atom stereocenters. The molecule has 1 aliphatic rings. The molecular weight excluding hydrogens is 338 g/mol. The van der Waals surface area contributed by atoms with Crippen molar-refractivity contribution < 1.29 is 0 Å². The predicted molar refractivity (Wildman–Crippen MR) is 118 cm³/mol. The summed E-state index contributed by atoms with van der Waals surface area (Å²) in [7, 11) is 0. The Hall–Kier alpha value is -3.32. The number of hydrogen-bond donors (Lipinski definition) is 0. The number of benzene rings is 4. The van der Waals surface area contributed by atoms with Crippen molar-refractivity contribution in [3.63, 3.8) is 0 Å². The van der Waals surface area contributed by atoms with Crippen LogP contribution < -0.4 is 0 Å². The standard InChI is InChI=1S/C27H21N/c1-27(2)23-10-6-5-9-21(23)26-22-15-16-28(25(22)14-13-24(26)27)20-12-11-18-7-3-4-8-19(18)17-20/h3-17H,1-2H3. The Labute approximate surface area is 164 Å². The minimum atomic E-state index is 0.0468. The molecule has 0 N–H and O–H groups in total. The molecule has 1 heteroatoms. The normalized spacial score (nSPS) is 14.4. The van der Waals surface area contributed by atoms with Crippen molar-refractivity contribution in [1.29, 1.82) is 0 Å². The van der Waals surface area contributed by atoms with Crippen LogP contribution >= 0.6 is 0 Å². The summed E-state index contributed by atoms with van der Waals surface area (Å²) in [5, 5.41) is 3.89. The van der Waals surface area contributed by atoms with Gasteiger partial charge in [0.05, 0.1) is 5.52 Å². The number of rotatable bonds is 1. The van der Waals surface area contributed by atoms with Crippen molar-refractivity contribution >= 4 is 21.7 Å². The van der Waals surface area contributed by atoms with Gasteiger partial charge in [-0.3, -0.25) is 0 Å². The lowest BCUT2D eigenvalue weighted by Crippen LogP contribution is -2.14. The molecule has 0 saturated heterocycles. The fourth-order valence-corrected chi connectivity index (χ4v) is 4.97. The van der Waals surface area contributed by atoms with Gasteiger partial charge < -0.3 is 4.57 Å². The van der Waals surface area contributed by atoms with Crippen molar-refractivity contribution in [1.82, 2.24) is 4.57 Å². The first-order chi connectivity index (χ1) is 13.6. The Balaban J connectivity index is 1.63. The summed E-state index contributed by atoms with van der Waals surface area (Å²) in [4.78, 5) is 0. The van der Waals surface area contributed by atoms with E-state index in [0.717, 1.165) is 0 Å². The Morgan fingerprint density at radius 1 is 0.679 bits per heavy atom. The summed E-state index contributed by atoms with van der Waals surface area (Å²) in [6.45, 7) is 4.67. The molecule has 28 heavy (non-hydrogen) atoms. The number of nitrogens with zero attached hydrogens (tertiary/aromatic N) is 1. The first kappa shape index (κ1) is 15.7. The highest BCUT2D eigenvalue weighted by Gasteiger charge is 2.36. The molecule has 5 aromatic rings. The van der Waals surface area contributed by atoms with Crippen LogP contribution in [0.2, 0.25) is 0 Å². The van der Waals surface area contributed by atoms with E-state index in [0.29, 0.717) is 0 Å². The maximum Gasteiger partial charge on any atom is 0.0534 e. The fraction of sp³-hybridized carbons (Fsp3) is 0.111. The smallest absolute Gasteiger partial charge is 0.0534 e.